The van der Waals surface area contributed by atoms with Crippen molar-refractivity contribution in [2.75, 3.05) is 7.11 Å². The molecule has 0 amide bonds. The number of esters is 2. The Morgan fingerprint density at radius 1 is 1.00 bits per heavy atom. The maximum Gasteiger partial charge on any atom is 0.339 e. The zero-order valence-electron chi connectivity index (χ0n) is 19.1. The van der Waals surface area contributed by atoms with Gasteiger partial charge in [0.2, 0.25) is 0 Å². The Hall–Kier alpha value is -2.70. The standard InChI is InChI=1S/C26H30O5Si/c1-18-15-16-22-24(25(28)29-3)23(30-19(2)27)17-26(18,31-22)32(4,20-11-7-5-8-12-20)21-13-9-6-10-14-21/h5-14,18,22H,15-17H2,1-4H3/t18-,22-,26-/m1/s1. The SMILES string of the molecule is COC(=O)C1=C(OC(C)=O)C[C@]2([Si](C)(c3ccccc3)c3ccccc3)O[C@@H]1CC[C@H]2C. The number of carbonyl (C=O) groups excluding carboxylic acids is 2. The van der Waals surface area contributed by atoms with Gasteiger partial charge in [0.05, 0.1) is 18.4 Å². The first kappa shape index (κ1) is 22.5. The first-order valence-corrected chi connectivity index (χ1v) is 13.6. The monoisotopic (exact) mass is 450 g/mol. The molecule has 1 fully saturated rings. The van der Waals surface area contributed by atoms with Crippen molar-refractivity contribution in [1.82, 2.24) is 0 Å². The molecule has 0 spiro atoms. The Morgan fingerprint density at radius 3 is 2.06 bits per heavy atom. The van der Waals surface area contributed by atoms with Gasteiger partial charge in [-0.1, -0.05) is 84.5 Å². The smallest absolute Gasteiger partial charge is 0.339 e. The van der Waals surface area contributed by atoms with Crippen LogP contribution in [-0.4, -0.2) is 38.5 Å². The lowest BCUT2D eigenvalue weighted by Crippen LogP contribution is -2.77. The minimum atomic E-state index is -2.57. The summed E-state index contributed by atoms with van der Waals surface area (Å²) < 4.78 is 17.7. The fourth-order valence-electron chi connectivity index (χ4n) is 5.60. The van der Waals surface area contributed by atoms with E-state index in [-0.39, 0.29) is 5.92 Å². The van der Waals surface area contributed by atoms with Gasteiger partial charge in [0.15, 0.2) is 8.07 Å². The largest absolute Gasteiger partial charge is 0.465 e. The van der Waals surface area contributed by atoms with Crippen LogP contribution in [0.1, 0.15) is 33.1 Å². The topological polar surface area (TPSA) is 61.8 Å². The number of hydrogen-bond donors (Lipinski definition) is 0. The molecule has 2 bridgehead atoms. The molecule has 4 rings (SSSR count). The van der Waals surface area contributed by atoms with Crippen LogP contribution in [0.25, 0.3) is 0 Å². The number of hydrogen-bond acceptors (Lipinski definition) is 5. The van der Waals surface area contributed by atoms with E-state index in [0.717, 1.165) is 6.42 Å². The van der Waals surface area contributed by atoms with Crippen LogP contribution in [-0.2, 0) is 23.8 Å². The predicted octanol–water partition coefficient (Wildman–Crippen LogP) is 3.37. The normalized spacial score (nSPS) is 25.2. The molecule has 2 aromatic rings. The van der Waals surface area contributed by atoms with Crippen molar-refractivity contribution in [3.8, 4) is 0 Å². The number of rotatable bonds is 5. The number of carbonyl (C=O) groups is 2. The van der Waals surface area contributed by atoms with Gasteiger partial charge in [0.25, 0.3) is 0 Å². The van der Waals surface area contributed by atoms with E-state index in [1.54, 1.807) is 0 Å². The van der Waals surface area contributed by atoms with Crippen LogP contribution >= 0.6 is 0 Å². The molecule has 0 aromatic heterocycles. The minimum Gasteiger partial charge on any atom is -0.465 e. The van der Waals surface area contributed by atoms with Crippen molar-refractivity contribution >= 4 is 30.4 Å². The van der Waals surface area contributed by atoms with Crippen molar-refractivity contribution in [2.45, 2.75) is 51.0 Å². The third-order valence-electron chi connectivity index (χ3n) is 7.28. The molecular formula is C26H30O5Si. The number of benzene rings is 2. The van der Waals surface area contributed by atoms with Gasteiger partial charge in [0, 0.05) is 13.3 Å². The van der Waals surface area contributed by atoms with E-state index in [0.29, 0.717) is 24.2 Å². The number of methoxy groups -OCH3 is 1. The van der Waals surface area contributed by atoms with E-state index in [2.05, 4.69) is 62.0 Å². The molecule has 168 valence electrons. The summed E-state index contributed by atoms with van der Waals surface area (Å²) in [7, 11) is -1.22. The van der Waals surface area contributed by atoms with E-state index in [4.69, 9.17) is 14.2 Å². The maximum atomic E-state index is 12.7. The molecule has 0 saturated carbocycles. The summed E-state index contributed by atoms with van der Waals surface area (Å²) in [5, 5.41) is 1.92. The highest BCUT2D eigenvalue weighted by atomic mass is 28.3. The lowest BCUT2D eigenvalue weighted by Gasteiger charge is -2.57. The fourth-order valence-corrected chi connectivity index (χ4v) is 10.7. The van der Waals surface area contributed by atoms with Gasteiger partial charge in [-0.3, -0.25) is 4.79 Å². The summed E-state index contributed by atoms with van der Waals surface area (Å²) >= 11 is 0. The van der Waals surface area contributed by atoms with Crippen molar-refractivity contribution in [2.24, 2.45) is 5.92 Å². The van der Waals surface area contributed by atoms with Crippen LogP contribution in [0.15, 0.2) is 72.0 Å². The average molecular weight is 451 g/mol. The van der Waals surface area contributed by atoms with Gasteiger partial charge in [-0.25, -0.2) is 4.79 Å². The Labute approximate surface area is 190 Å². The van der Waals surface area contributed by atoms with E-state index >= 15 is 0 Å². The van der Waals surface area contributed by atoms with Gasteiger partial charge in [-0.15, -0.1) is 0 Å². The number of fused-ring (bicyclic) bond motifs is 2. The van der Waals surface area contributed by atoms with Crippen LogP contribution in [0.5, 0.6) is 0 Å². The lowest BCUT2D eigenvalue weighted by molar-refractivity contribution is -0.152. The lowest BCUT2D eigenvalue weighted by atomic mass is 9.83. The Morgan fingerprint density at radius 2 is 1.56 bits per heavy atom. The van der Waals surface area contributed by atoms with Gasteiger partial charge >= 0.3 is 11.9 Å². The maximum absolute atomic E-state index is 12.7. The molecule has 0 N–H and O–H groups in total. The van der Waals surface area contributed by atoms with E-state index in [1.807, 2.05) is 12.1 Å². The molecule has 32 heavy (non-hydrogen) atoms. The van der Waals surface area contributed by atoms with Gasteiger partial charge in [0.1, 0.15) is 11.3 Å². The molecule has 0 radical (unpaired) electrons. The first-order valence-electron chi connectivity index (χ1n) is 11.1. The fraction of sp³-hybridized carbons (Fsp3) is 0.385. The van der Waals surface area contributed by atoms with Crippen molar-refractivity contribution in [3.05, 3.63) is 72.0 Å². The van der Waals surface area contributed by atoms with E-state index in [1.165, 1.54) is 24.4 Å². The molecule has 2 aliphatic rings. The number of ether oxygens (including phenoxy) is 3. The zero-order chi connectivity index (χ0) is 22.9. The molecular weight excluding hydrogens is 420 g/mol. The summed E-state index contributed by atoms with van der Waals surface area (Å²) in [5.74, 6) is -0.317. The summed E-state index contributed by atoms with van der Waals surface area (Å²) in [4.78, 5) is 24.7. The second-order valence-electron chi connectivity index (χ2n) is 8.93. The first-order chi connectivity index (χ1) is 15.3. The van der Waals surface area contributed by atoms with Crippen molar-refractivity contribution in [3.63, 3.8) is 0 Å². The third kappa shape index (κ3) is 3.51. The van der Waals surface area contributed by atoms with Crippen LogP contribution in [0.4, 0.5) is 0 Å². The minimum absolute atomic E-state index is 0.209. The zero-order valence-corrected chi connectivity index (χ0v) is 20.1. The van der Waals surface area contributed by atoms with Crippen LogP contribution in [0, 0.1) is 5.92 Å². The Kier molecular flexibility index (Phi) is 6.10. The van der Waals surface area contributed by atoms with Crippen LogP contribution < -0.4 is 10.4 Å². The summed E-state index contributed by atoms with van der Waals surface area (Å²) in [5.41, 5.74) is 0.350. The summed E-state index contributed by atoms with van der Waals surface area (Å²) in [6.07, 6.45) is 1.51. The molecule has 1 saturated heterocycles. The Balaban J connectivity index is 1.97. The molecule has 2 aliphatic heterocycles. The average Bonchev–Trinajstić information content (AvgIpc) is 2.81. The van der Waals surface area contributed by atoms with E-state index in [9.17, 15) is 9.59 Å². The van der Waals surface area contributed by atoms with Crippen LogP contribution in [0.2, 0.25) is 6.55 Å². The molecule has 0 aliphatic carbocycles. The molecule has 0 unspecified atom stereocenters. The van der Waals surface area contributed by atoms with Crippen molar-refractivity contribution in [1.29, 1.82) is 0 Å². The summed E-state index contributed by atoms with van der Waals surface area (Å²) in [6.45, 7) is 5.93. The molecule has 2 heterocycles. The van der Waals surface area contributed by atoms with E-state index < -0.39 is 31.3 Å². The highest BCUT2D eigenvalue weighted by molar-refractivity contribution is 7.03. The predicted molar refractivity (Wildman–Crippen MR) is 125 cm³/mol. The van der Waals surface area contributed by atoms with Gasteiger partial charge < -0.3 is 14.2 Å². The second-order valence-corrected chi connectivity index (χ2v) is 13.2. The second kappa shape index (κ2) is 8.68. The van der Waals surface area contributed by atoms with Gasteiger partial charge in [-0.2, -0.15) is 0 Å². The highest BCUT2D eigenvalue weighted by Gasteiger charge is 2.62. The highest BCUT2D eigenvalue weighted by Crippen LogP contribution is 2.50. The van der Waals surface area contributed by atoms with Crippen LogP contribution in [0.3, 0.4) is 0 Å². The molecule has 3 atom stereocenters. The third-order valence-corrected chi connectivity index (χ3v) is 12.7. The molecule has 6 heteroatoms. The molecule has 5 nitrogen and oxygen atoms in total. The quantitative estimate of drug-likeness (QED) is 0.516. The molecule has 2 aromatic carbocycles. The van der Waals surface area contributed by atoms with Gasteiger partial charge in [-0.05, 0) is 18.8 Å². The Bertz CT molecular complexity index is 993. The summed E-state index contributed by atoms with van der Waals surface area (Å²) in [6, 6.07) is 21.0. The van der Waals surface area contributed by atoms with Crippen molar-refractivity contribution < 1.29 is 23.8 Å².